The summed E-state index contributed by atoms with van der Waals surface area (Å²) in [4.78, 5) is 23.1. The minimum absolute atomic E-state index is 0.0608. The lowest BCUT2D eigenvalue weighted by atomic mass is 10.2. The number of halogens is 2. The number of amides is 1. The Kier molecular flexibility index (Phi) is 6.19. The maximum absolute atomic E-state index is 12.2. The summed E-state index contributed by atoms with van der Waals surface area (Å²) in [5, 5.41) is 16.4. The third-order valence-electron chi connectivity index (χ3n) is 3.09. The highest BCUT2D eigenvalue weighted by Crippen LogP contribution is 2.25. The van der Waals surface area contributed by atoms with Gasteiger partial charge in [-0.05, 0) is 48.1 Å². The van der Waals surface area contributed by atoms with Crippen LogP contribution >= 0.6 is 35.4 Å². The van der Waals surface area contributed by atoms with E-state index < -0.39 is 11.9 Å². The van der Waals surface area contributed by atoms with Gasteiger partial charge in [-0.25, -0.2) is 0 Å². The van der Waals surface area contributed by atoms with E-state index >= 15 is 0 Å². The molecule has 0 aliphatic heterocycles. The SMILES string of the molecule is COc1ccc(C(=O)NC(=S)Nc2cc(C(=O)[O-])ccc2Cl)cc1Cl. The molecule has 0 bridgehead atoms. The lowest BCUT2D eigenvalue weighted by Gasteiger charge is -2.13. The predicted molar refractivity (Wildman–Crippen MR) is 97.5 cm³/mol. The molecule has 0 aromatic heterocycles. The van der Waals surface area contributed by atoms with E-state index in [0.717, 1.165) is 0 Å². The van der Waals surface area contributed by atoms with E-state index in [9.17, 15) is 14.7 Å². The van der Waals surface area contributed by atoms with Crippen LogP contribution in [0.25, 0.3) is 0 Å². The number of thiocarbonyl (C=S) groups is 1. The number of ether oxygens (including phenoxy) is 1. The van der Waals surface area contributed by atoms with Crippen LogP contribution in [0.5, 0.6) is 5.75 Å². The number of anilines is 1. The fourth-order valence-corrected chi connectivity index (χ4v) is 2.51. The van der Waals surface area contributed by atoms with Gasteiger partial charge in [-0.1, -0.05) is 29.3 Å². The van der Waals surface area contributed by atoms with Gasteiger partial charge in [0.2, 0.25) is 0 Å². The van der Waals surface area contributed by atoms with Crippen molar-refractivity contribution < 1.29 is 19.4 Å². The van der Waals surface area contributed by atoms with Gasteiger partial charge >= 0.3 is 0 Å². The molecular weight excluding hydrogens is 387 g/mol. The maximum Gasteiger partial charge on any atom is 0.257 e. The second-order valence-electron chi connectivity index (χ2n) is 4.74. The molecule has 2 N–H and O–H groups in total. The summed E-state index contributed by atoms with van der Waals surface area (Å²) in [7, 11) is 1.46. The van der Waals surface area contributed by atoms with Crippen molar-refractivity contribution >= 4 is 58.1 Å². The van der Waals surface area contributed by atoms with Crippen molar-refractivity contribution in [2.45, 2.75) is 0 Å². The summed E-state index contributed by atoms with van der Waals surface area (Å²) < 4.78 is 5.01. The molecule has 130 valence electrons. The molecule has 0 aliphatic rings. The number of carboxylic acid groups (broad SMARTS) is 1. The van der Waals surface area contributed by atoms with Crippen molar-refractivity contribution in [2.24, 2.45) is 0 Å². The van der Waals surface area contributed by atoms with Gasteiger partial charge in [0, 0.05) is 5.56 Å². The number of benzene rings is 2. The van der Waals surface area contributed by atoms with Crippen molar-refractivity contribution in [1.82, 2.24) is 5.32 Å². The van der Waals surface area contributed by atoms with Gasteiger partial charge in [-0.3, -0.25) is 10.1 Å². The van der Waals surface area contributed by atoms with Crippen LogP contribution in [0.1, 0.15) is 20.7 Å². The molecule has 0 radical (unpaired) electrons. The molecule has 6 nitrogen and oxygen atoms in total. The minimum atomic E-state index is -1.36. The lowest BCUT2D eigenvalue weighted by Crippen LogP contribution is -2.34. The fourth-order valence-electron chi connectivity index (χ4n) is 1.88. The smallest absolute Gasteiger partial charge is 0.257 e. The highest BCUT2D eigenvalue weighted by atomic mass is 35.5. The van der Waals surface area contributed by atoms with Crippen LogP contribution < -0.4 is 20.5 Å². The standard InChI is InChI=1S/C16H12Cl2N2O4S/c1-24-13-5-3-8(6-11(13)18)14(21)20-16(25)19-12-7-9(15(22)23)2-4-10(12)17/h2-7H,1H3,(H,22,23)(H2,19,20,21,25)/p-1. The zero-order valence-electron chi connectivity index (χ0n) is 12.8. The first kappa shape index (κ1) is 19.0. The van der Waals surface area contributed by atoms with Crippen molar-refractivity contribution in [3.8, 4) is 5.75 Å². The number of nitrogens with one attached hydrogen (secondary N) is 2. The van der Waals surface area contributed by atoms with E-state index in [1.54, 1.807) is 6.07 Å². The molecule has 0 heterocycles. The normalized spacial score (nSPS) is 10.0. The van der Waals surface area contributed by atoms with Gasteiger partial charge in [0.15, 0.2) is 5.11 Å². The Hall–Kier alpha value is -2.35. The Balaban J connectivity index is 2.10. The van der Waals surface area contributed by atoms with E-state index in [-0.39, 0.29) is 32.0 Å². The average molecular weight is 398 g/mol. The number of carbonyl (C=O) groups is 2. The summed E-state index contributed by atoms with van der Waals surface area (Å²) in [5.74, 6) is -1.43. The summed E-state index contributed by atoms with van der Waals surface area (Å²) in [6.07, 6.45) is 0. The molecule has 0 spiro atoms. The molecule has 0 fully saturated rings. The zero-order chi connectivity index (χ0) is 18.6. The molecule has 0 aliphatic carbocycles. The van der Waals surface area contributed by atoms with Gasteiger partial charge in [-0.15, -0.1) is 0 Å². The molecule has 2 aromatic rings. The zero-order valence-corrected chi connectivity index (χ0v) is 15.1. The highest BCUT2D eigenvalue weighted by molar-refractivity contribution is 7.80. The van der Waals surface area contributed by atoms with Crippen molar-refractivity contribution in [2.75, 3.05) is 12.4 Å². The molecular formula is C16H11Cl2N2O4S-. The Morgan fingerprint density at radius 2 is 1.76 bits per heavy atom. The summed E-state index contributed by atoms with van der Waals surface area (Å²) in [6.45, 7) is 0. The number of aromatic carboxylic acids is 1. The topological polar surface area (TPSA) is 90.5 Å². The Bertz CT molecular complexity index is 858. The van der Waals surface area contributed by atoms with E-state index in [0.29, 0.717) is 5.75 Å². The second-order valence-corrected chi connectivity index (χ2v) is 5.96. The number of hydrogen-bond acceptors (Lipinski definition) is 5. The minimum Gasteiger partial charge on any atom is -0.545 e. The molecule has 9 heteroatoms. The van der Waals surface area contributed by atoms with Crippen molar-refractivity contribution in [3.63, 3.8) is 0 Å². The third kappa shape index (κ3) is 4.82. The third-order valence-corrected chi connectivity index (χ3v) is 3.92. The Morgan fingerprint density at radius 1 is 1.08 bits per heavy atom. The maximum atomic E-state index is 12.2. The molecule has 25 heavy (non-hydrogen) atoms. The molecule has 2 aromatic carbocycles. The van der Waals surface area contributed by atoms with E-state index in [2.05, 4.69) is 10.6 Å². The number of carbonyl (C=O) groups excluding carboxylic acids is 2. The van der Waals surface area contributed by atoms with Crippen LogP contribution in [0.2, 0.25) is 10.0 Å². The molecule has 2 rings (SSSR count). The van der Waals surface area contributed by atoms with Gasteiger partial charge in [-0.2, -0.15) is 0 Å². The highest BCUT2D eigenvalue weighted by Gasteiger charge is 2.12. The quantitative estimate of drug-likeness (QED) is 0.770. The molecule has 0 saturated heterocycles. The van der Waals surface area contributed by atoms with Crippen LogP contribution in [-0.2, 0) is 0 Å². The van der Waals surface area contributed by atoms with Crippen LogP contribution in [0.15, 0.2) is 36.4 Å². The molecule has 0 saturated carbocycles. The van der Waals surface area contributed by atoms with E-state index in [1.807, 2.05) is 0 Å². The first-order valence-corrected chi connectivity index (χ1v) is 7.95. The number of hydrogen-bond donors (Lipinski definition) is 2. The van der Waals surface area contributed by atoms with Gasteiger partial charge in [0.1, 0.15) is 5.75 Å². The number of methoxy groups -OCH3 is 1. The number of carboxylic acids is 1. The number of rotatable bonds is 4. The first-order valence-electron chi connectivity index (χ1n) is 6.78. The van der Waals surface area contributed by atoms with Crippen molar-refractivity contribution in [3.05, 3.63) is 57.6 Å². The summed E-state index contributed by atoms with van der Waals surface area (Å²) in [5.41, 5.74) is 0.411. The lowest BCUT2D eigenvalue weighted by molar-refractivity contribution is -0.255. The molecule has 0 atom stereocenters. The van der Waals surface area contributed by atoms with Crippen LogP contribution in [0, 0.1) is 0 Å². The van der Waals surface area contributed by atoms with Crippen LogP contribution in [0.3, 0.4) is 0 Å². The summed E-state index contributed by atoms with van der Waals surface area (Å²) >= 11 is 17.0. The monoisotopic (exact) mass is 397 g/mol. The predicted octanol–water partition coefficient (Wildman–Crippen LogP) is 2.49. The Labute approximate surface area is 158 Å². The average Bonchev–Trinajstić information content (AvgIpc) is 2.56. The Morgan fingerprint density at radius 3 is 2.36 bits per heavy atom. The van der Waals surface area contributed by atoms with Crippen molar-refractivity contribution in [1.29, 1.82) is 0 Å². The van der Waals surface area contributed by atoms with Gasteiger partial charge < -0.3 is 20.0 Å². The van der Waals surface area contributed by atoms with Gasteiger partial charge in [0.05, 0.1) is 28.8 Å². The molecule has 1 amide bonds. The fraction of sp³-hybridized carbons (Fsp3) is 0.0625. The first-order chi connectivity index (χ1) is 11.8. The van der Waals surface area contributed by atoms with E-state index in [4.69, 9.17) is 40.2 Å². The second kappa shape index (κ2) is 8.15. The summed E-state index contributed by atoms with van der Waals surface area (Å²) in [6, 6.07) is 8.43. The largest absolute Gasteiger partial charge is 0.545 e. The molecule has 0 unspecified atom stereocenters. The van der Waals surface area contributed by atoms with Crippen LogP contribution in [-0.4, -0.2) is 24.1 Å². The van der Waals surface area contributed by atoms with E-state index in [1.165, 1.54) is 37.4 Å². The van der Waals surface area contributed by atoms with Gasteiger partial charge in [0.25, 0.3) is 5.91 Å². The van der Waals surface area contributed by atoms with Crippen LogP contribution in [0.4, 0.5) is 5.69 Å².